The summed E-state index contributed by atoms with van der Waals surface area (Å²) in [4.78, 5) is 61.2. The molecule has 0 aromatic rings. The molecule has 0 unspecified atom stereocenters. The zero-order chi connectivity index (χ0) is 20.9. The van der Waals surface area contributed by atoms with Crippen LogP contribution in [0.25, 0.3) is 0 Å². The van der Waals surface area contributed by atoms with Crippen molar-refractivity contribution < 1.29 is 188 Å². The van der Waals surface area contributed by atoms with E-state index in [1.807, 2.05) is 0 Å². The number of nitrogens with zero attached hydrogens (tertiary/aromatic N) is 2. The summed E-state index contributed by atoms with van der Waals surface area (Å²) < 4.78 is 0. The summed E-state index contributed by atoms with van der Waals surface area (Å²) in [7, 11) is 0. The van der Waals surface area contributed by atoms with Crippen LogP contribution >= 0.6 is 0 Å². The van der Waals surface area contributed by atoms with Crippen LogP contribution in [0.15, 0.2) is 0 Å². The largest absolute Gasteiger partial charge is 3.00 e. The third-order valence-electron chi connectivity index (χ3n) is 2.12. The molecule has 0 aliphatic rings. The van der Waals surface area contributed by atoms with Crippen LogP contribution in [0.3, 0.4) is 0 Å². The molecule has 1 radical (unpaired) electrons. The van der Waals surface area contributed by atoms with Crippen LogP contribution in [0.5, 0.6) is 0 Å². The van der Waals surface area contributed by atoms with E-state index in [1.165, 1.54) is 0 Å². The van der Waals surface area contributed by atoms with Crippen molar-refractivity contribution in [3.05, 3.63) is 0 Å². The number of hydrogen-bond donors (Lipinski definition) is 0. The zero-order valence-corrected chi connectivity index (χ0v) is 24.7. The van der Waals surface area contributed by atoms with Gasteiger partial charge in [0.05, 0.1) is 35.8 Å². The minimum absolute atomic E-state index is 0. The van der Waals surface area contributed by atoms with Gasteiger partial charge in [-0.05, 0) is 0 Å². The van der Waals surface area contributed by atoms with Crippen LogP contribution in [0.1, 0.15) is 0 Å². The Labute approximate surface area is 268 Å². The molecule has 0 amide bonds. The van der Waals surface area contributed by atoms with Crippen molar-refractivity contribution in [2.45, 2.75) is 0 Å². The Morgan fingerprint density at radius 1 is 0.400 bits per heavy atom. The molecule has 0 bridgehead atoms. The first kappa shape index (κ1) is 44.7. The smallest absolute Gasteiger partial charge is 0.549 e. The van der Waals surface area contributed by atoms with Gasteiger partial charge in [0, 0.05) is 39.3 Å². The van der Waals surface area contributed by atoms with Crippen molar-refractivity contribution in [1.29, 1.82) is 0 Å². The summed E-state index contributed by atoms with van der Waals surface area (Å²) >= 11 is 0. The third kappa shape index (κ3) is 36.4. The topological polar surface area (TPSA) is 247 Å². The molecule has 30 heavy (non-hydrogen) atoms. The number of carboxylic acid groups (broad SMARTS) is 6. The summed E-state index contributed by atoms with van der Waals surface area (Å²) in [5.74, 6) is -9.40. The van der Waals surface area contributed by atoms with E-state index < -0.39 is 75.1 Å². The zero-order valence-electron chi connectivity index (χ0n) is 16.4. The molecule has 0 saturated heterocycles. The van der Waals surface area contributed by atoms with E-state index in [0.29, 0.717) is 9.80 Å². The van der Waals surface area contributed by atoms with Crippen molar-refractivity contribution in [1.82, 2.24) is 9.80 Å². The Balaban J connectivity index is -0.0000000847. The van der Waals surface area contributed by atoms with Gasteiger partial charge in [0.1, 0.15) is 0 Å². The minimum Gasteiger partial charge on any atom is -0.549 e. The van der Waals surface area contributed by atoms with Crippen LogP contribution < -0.4 is 119 Å². The molecule has 18 heteroatoms. The maximum absolute atomic E-state index is 9.99. The van der Waals surface area contributed by atoms with E-state index >= 15 is 0 Å². The van der Waals surface area contributed by atoms with Gasteiger partial charge in [-0.1, -0.05) is 0 Å². The van der Waals surface area contributed by atoms with E-state index in [2.05, 4.69) is 0 Å². The van der Waals surface area contributed by atoms with Gasteiger partial charge in [-0.15, -0.1) is 0 Å². The summed E-state index contributed by atoms with van der Waals surface area (Å²) in [6.07, 6.45) is 0. The van der Waals surface area contributed by atoms with Gasteiger partial charge < -0.3 is 59.4 Å². The molecule has 0 atom stereocenters. The molecular formula is C12H12GdN2Na3O12. The van der Waals surface area contributed by atoms with Crippen molar-refractivity contribution >= 4 is 35.8 Å². The standard InChI is InChI=1S/2C6H9NO6.Gd.3Na/c2*8-4(9)1-7(2-5(10)11)3-6(12)13;;;;/h2*1-3H2,(H,8,9)(H,10,11)(H,12,13);;;;/q;;+3;3*+1/p-6. The van der Waals surface area contributed by atoms with E-state index in [-0.39, 0.29) is 129 Å². The number of carbonyl (C=O) groups is 6. The SMILES string of the molecule is O=C([O-])CN(CC(=O)[O-])CC(=O)[O-].O=C([O-])CN(CC(=O)[O-])CC(=O)[O-].[Gd+3].[Na+].[Na+].[Na+]. The molecule has 0 spiro atoms. The van der Waals surface area contributed by atoms with Crippen LogP contribution in [0.4, 0.5) is 0 Å². The number of carboxylic acids is 6. The number of hydrogen-bond acceptors (Lipinski definition) is 14. The molecule has 0 N–H and O–H groups in total. The average Bonchev–Trinajstić information content (AvgIpc) is 2.33. The van der Waals surface area contributed by atoms with E-state index in [0.717, 1.165) is 0 Å². The predicted molar refractivity (Wildman–Crippen MR) is 62.9 cm³/mol. The van der Waals surface area contributed by atoms with Gasteiger partial charge >= 0.3 is 129 Å². The average molecular weight is 602 g/mol. The second kappa shape index (κ2) is 26.3. The van der Waals surface area contributed by atoms with Gasteiger partial charge in [-0.2, -0.15) is 0 Å². The Bertz CT molecular complexity index is 442. The monoisotopic (exact) mass is 603 g/mol. The first-order chi connectivity index (χ1) is 11.8. The summed E-state index contributed by atoms with van der Waals surface area (Å²) in [6.45, 7) is -4.74. The Morgan fingerprint density at radius 2 is 0.500 bits per heavy atom. The minimum atomic E-state index is -1.57. The molecule has 14 nitrogen and oxygen atoms in total. The molecule has 0 aromatic heterocycles. The Hall–Kier alpha value is 1.06. The fraction of sp³-hybridized carbons (Fsp3) is 0.500. The Morgan fingerprint density at radius 3 is 0.567 bits per heavy atom. The van der Waals surface area contributed by atoms with Crippen molar-refractivity contribution in [2.24, 2.45) is 0 Å². The van der Waals surface area contributed by atoms with Crippen LogP contribution in [0, 0.1) is 39.9 Å². The molecule has 0 saturated carbocycles. The van der Waals surface area contributed by atoms with E-state index in [9.17, 15) is 59.4 Å². The molecule has 0 heterocycles. The predicted octanol–water partition coefficient (Wildman–Crippen LogP) is -19.9. The van der Waals surface area contributed by atoms with Gasteiger partial charge in [-0.25, -0.2) is 0 Å². The fourth-order valence-electron chi connectivity index (χ4n) is 1.43. The molecule has 153 valence electrons. The molecule has 0 aliphatic carbocycles. The number of aliphatic carboxylic acids is 6. The van der Waals surface area contributed by atoms with Crippen molar-refractivity contribution in [3.63, 3.8) is 0 Å². The quantitative estimate of drug-likeness (QED) is 0.188. The maximum Gasteiger partial charge on any atom is 3.00 e. The van der Waals surface area contributed by atoms with Crippen molar-refractivity contribution in [3.8, 4) is 0 Å². The first-order valence-electron chi connectivity index (χ1n) is 6.47. The number of rotatable bonds is 12. The first-order valence-corrected chi connectivity index (χ1v) is 6.47. The second-order valence-electron chi connectivity index (χ2n) is 4.52. The van der Waals surface area contributed by atoms with Crippen molar-refractivity contribution in [2.75, 3.05) is 39.3 Å². The molecule has 0 aromatic carbocycles. The second-order valence-corrected chi connectivity index (χ2v) is 4.52. The van der Waals surface area contributed by atoms with E-state index in [4.69, 9.17) is 0 Å². The number of carbonyl (C=O) groups excluding carboxylic acids is 6. The molecule has 0 aliphatic heterocycles. The third-order valence-corrected chi connectivity index (χ3v) is 2.12. The molecule has 0 rings (SSSR count). The normalized spacial score (nSPS) is 8.60. The van der Waals surface area contributed by atoms with Crippen LogP contribution in [-0.4, -0.2) is 84.9 Å². The Kier molecular flexibility index (Phi) is 39.2. The summed E-state index contributed by atoms with van der Waals surface area (Å²) in [5.41, 5.74) is 0. The summed E-state index contributed by atoms with van der Waals surface area (Å²) in [6, 6.07) is 0. The van der Waals surface area contributed by atoms with Gasteiger partial charge in [-0.3, -0.25) is 9.80 Å². The van der Waals surface area contributed by atoms with Crippen LogP contribution in [0.2, 0.25) is 0 Å². The fourth-order valence-corrected chi connectivity index (χ4v) is 1.43. The maximum atomic E-state index is 9.99. The van der Waals surface area contributed by atoms with Gasteiger partial charge in [0.25, 0.3) is 0 Å². The van der Waals surface area contributed by atoms with E-state index in [1.54, 1.807) is 0 Å². The molecular weight excluding hydrogens is 590 g/mol. The molecule has 0 fully saturated rings. The van der Waals surface area contributed by atoms with Crippen LogP contribution in [-0.2, 0) is 28.8 Å². The van der Waals surface area contributed by atoms with Gasteiger partial charge in [0.15, 0.2) is 0 Å². The summed E-state index contributed by atoms with van der Waals surface area (Å²) in [5, 5.41) is 60.0. The van der Waals surface area contributed by atoms with Gasteiger partial charge in [0.2, 0.25) is 0 Å².